The van der Waals surface area contributed by atoms with E-state index in [1.807, 2.05) is 6.07 Å². The van der Waals surface area contributed by atoms with Crippen molar-refractivity contribution < 1.29 is 13.2 Å². The predicted octanol–water partition coefficient (Wildman–Crippen LogP) is 1.48. The summed E-state index contributed by atoms with van der Waals surface area (Å²) >= 11 is 0. The molecule has 1 amide bonds. The lowest BCUT2D eigenvalue weighted by Gasteiger charge is -2.08. The normalized spacial score (nSPS) is 11.3. The van der Waals surface area contributed by atoms with Crippen LogP contribution in [0.3, 0.4) is 0 Å². The van der Waals surface area contributed by atoms with Crippen molar-refractivity contribution in [1.82, 2.24) is 10.6 Å². The smallest absolute Gasteiger partial charge is 0.238 e. The highest BCUT2D eigenvalue weighted by molar-refractivity contribution is 7.89. The first-order valence-corrected chi connectivity index (χ1v) is 10.0. The van der Waals surface area contributed by atoms with Gasteiger partial charge in [0.1, 0.15) is 0 Å². The number of hydrogen-bond donors (Lipinski definition) is 3. The molecule has 2 aromatic carbocycles. The maximum absolute atomic E-state index is 11.8. The first-order valence-electron chi connectivity index (χ1n) is 8.49. The zero-order valence-electron chi connectivity index (χ0n) is 14.9. The van der Waals surface area contributed by atoms with E-state index in [1.165, 1.54) is 23.3 Å². The van der Waals surface area contributed by atoms with Crippen LogP contribution in [-0.4, -0.2) is 27.4 Å². The second kappa shape index (κ2) is 9.47. The highest BCUT2D eigenvalue weighted by atomic mass is 32.2. The molecule has 0 aliphatic heterocycles. The molecule has 2 aromatic rings. The molecule has 0 heterocycles. The Labute approximate surface area is 154 Å². The topological polar surface area (TPSA) is 101 Å². The molecule has 0 saturated carbocycles. The van der Waals surface area contributed by atoms with Crippen molar-refractivity contribution in [3.8, 4) is 0 Å². The number of rotatable bonds is 9. The van der Waals surface area contributed by atoms with E-state index in [-0.39, 0.29) is 10.8 Å². The van der Waals surface area contributed by atoms with Gasteiger partial charge in [-0.25, -0.2) is 13.6 Å². The van der Waals surface area contributed by atoms with Crippen LogP contribution in [-0.2, 0) is 27.8 Å². The zero-order valence-corrected chi connectivity index (χ0v) is 15.7. The number of aryl methyl sites for hydroxylation is 1. The maximum atomic E-state index is 11.8. The number of sulfonamides is 1. The Kier molecular flexibility index (Phi) is 7.32. The van der Waals surface area contributed by atoms with Crippen LogP contribution in [0.4, 0.5) is 0 Å². The highest BCUT2D eigenvalue weighted by Gasteiger charge is 2.07. The van der Waals surface area contributed by atoms with Gasteiger partial charge in [0.2, 0.25) is 15.9 Å². The second-order valence-corrected chi connectivity index (χ2v) is 7.77. The van der Waals surface area contributed by atoms with E-state index < -0.39 is 10.0 Å². The molecule has 0 fully saturated rings. The number of benzene rings is 2. The molecule has 7 heteroatoms. The Morgan fingerprint density at radius 1 is 1.04 bits per heavy atom. The van der Waals surface area contributed by atoms with Gasteiger partial charge in [-0.15, -0.1) is 0 Å². The Hall–Kier alpha value is -2.22. The number of carbonyl (C=O) groups is 1. The lowest BCUT2D eigenvalue weighted by Crippen LogP contribution is -2.29. The van der Waals surface area contributed by atoms with Crippen molar-refractivity contribution in [2.24, 2.45) is 5.14 Å². The molecule has 4 N–H and O–H groups in total. The minimum absolute atomic E-state index is 0.0112. The van der Waals surface area contributed by atoms with Gasteiger partial charge >= 0.3 is 0 Å². The Morgan fingerprint density at radius 2 is 1.77 bits per heavy atom. The summed E-state index contributed by atoms with van der Waals surface area (Å²) in [6.07, 6.45) is 1.05. The van der Waals surface area contributed by atoms with Gasteiger partial charge in [-0.3, -0.25) is 4.79 Å². The number of nitrogens with one attached hydrogen (secondary N) is 2. The molecule has 6 nitrogen and oxygen atoms in total. The molecule has 2 rings (SSSR count). The van der Waals surface area contributed by atoms with E-state index in [4.69, 9.17) is 5.14 Å². The minimum atomic E-state index is -3.67. The van der Waals surface area contributed by atoms with E-state index in [2.05, 4.69) is 35.8 Å². The largest absolute Gasteiger partial charge is 0.356 e. The summed E-state index contributed by atoms with van der Waals surface area (Å²) in [7, 11) is -3.67. The molecule has 0 radical (unpaired) electrons. The molecule has 0 aromatic heterocycles. The van der Waals surface area contributed by atoms with Crippen LogP contribution in [0.15, 0.2) is 53.4 Å². The molecule has 26 heavy (non-hydrogen) atoms. The van der Waals surface area contributed by atoms with Gasteiger partial charge in [-0.2, -0.15) is 0 Å². The highest BCUT2D eigenvalue weighted by Crippen LogP contribution is 2.09. The summed E-state index contributed by atoms with van der Waals surface area (Å²) < 4.78 is 22.4. The zero-order chi connectivity index (χ0) is 19.0. The summed E-state index contributed by atoms with van der Waals surface area (Å²) in [5.41, 5.74) is 3.36. The van der Waals surface area contributed by atoms with Crippen molar-refractivity contribution >= 4 is 15.9 Å². The van der Waals surface area contributed by atoms with Crippen LogP contribution in [0.2, 0.25) is 0 Å². The number of nitrogens with two attached hydrogens (primary N) is 1. The number of carbonyl (C=O) groups excluding carboxylic acids is 1. The third-order valence-electron chi connectivity index (χ3n) is 3.93. The number of primary sulfonamides is 1. The molecule has 0 aliphatic rings. The van der Waals surface area contributed by atoms with Crippen LogP contribution in [0.1, 0.15) is 23.1 Å². The van der Waals surface area contributed by atoms with Crippen LogP contribution in [0, 0.1) is 6.92 Å². The molecule has 0 atom stereocenters. The molecule has 0 bridgehead atoms. The third-order valence-corrected chi connectivity index (χ3v) is 4.86. The summed E-state index contributed by atoms with van der Waals surface area (Å²) in [6, 6.07) is 14.6. The van der Waals surface area contributed by atoms with Crippen LogP contribution >= 0.6 is 0 Å². The minimum Gasteiger partial charge on any atom is -0.356 e. The molecule has 0 unspecified atom stereocenters. The Morgan fingerprint density at radius 3 is 2.42 bits per heavy atom. The summed E-state index contributed by atoms with van der Waals surface area (Å²) in [6.45, 7) is 3.92. The first-order chi connectivity index (χ1) is 12.3. The predicted molar refractivity (Wildman–Crippen MR) is 102 cm³/mol. The fraction of sp³-hybridized carbons (Fsp3) is 0.316. The number of hydrogen-bond acceptors (Lipinski definition) is 4. The van der Waals surface area contributed by atoms with Gasteiger partial charge in [0.15, 0.2) is 0 Å². The van der Waals surface area contributed by atoms with Crippen molar-refractivity contribution in [2.75, 3.05) is 13.1 Å². The van der Waals surface area contributed by atoms with Crippen molar-refractivity contribution in [2.45, 2.75) is 31.2 Å². The summed E-state index contributed by atoms with van der Waals surface area (Å²) in [5.74, 6) is -0.0112. The van der Waals surface area contributed by atoms with Crippen molar-refractivity contribution in [3.63, 3.8) is 0 Å². The van der Waals surface area contributed by atoms with Gasteiger partial charge in [0.05, 0.1) is 4.90 Å². The standard InChI is InChI=1S/C19H25N3O3S/c1-15-3-2-4-17(13-15)14-21-11-10-19(23)22-12-9-16-5-7-18(8-6-16)26(20,24)25/h2-8,13,21H,9-12,14H2,1H3,(H,22,23)(H2,20,24,25). The van der Waals surface area contributed by atoms with E-state index >= 15 is 0 Å². The maximum Gasteiger partial charge on any atom is 0.238 e. The Bertz CT molecular complexity index is 833. The molecule has 0 spiro atoms. The van der Waals surface area contributed by atoms with Gasteiger partial charge < -0.3 is 10.6 Å². The fourth-order valence-corrected chi connectivity index (χ4v) is 3.05. The van der Waals surface area contributed by atoms with E-state index in [0.29, 0.717) is 25.9 Å². The van der Waals surface area contributed by atoms with Gasteiger partial charge in [-0.05, 0) is 36.6 Å². The van der Waals surface area contributed by atoms with E-state index in [0.717, 1.165) is 12.1 Å². The van der Waals surface area contributed by atoms with Crippen LogP contribution in [0.25, 0.3) is 0 Å². The van der Waals surface area contributed by atoms with Crippen LogP contribution in [0.5, 0.6) is 0 Å². The molecular weight excluding hydrogens is 350 g/mol. The van der Waals surface area contributed by atoms with Crippen LogP contribution < -0.4 is 15.8 Å². The molecule has 0 aliphatic carbocycles. The van der Waals surface area contributed by atoms with Gasteiger partial charge in [0.25, 0.3) is 0 Å². The lowest BCUT2D eigenvalue weighted by molar-refractivity contribution is -0.120. The SMILES string of the molecule is Cc1cccc(CNCCC(=O)NCCc2ccc(S(N)(=O)=O)cc2)c1. The van der Waals surface area contributed by atoms with Crippen molar-refractivity contribution in [1.29, 1.82) is 0 Å². The summed E-state index contributed by atoms with van der Waals surface area (Å²) in [4.78, 5) is 11.9. The third kappa shape index (κ3) is 6.95. The average Bonchev–Trinajstić information content (AvgIpc) is 2.58. The van der Waals surface area contributed by atoms with Gasteiger partial charge in [0, 0.05) is 26.1 Å². The van der Waals surface area contributed by atoms with E-state index in [9.17, 15) is 13.2 Å². The molecular formula is C19H25N3O3S. The Balaban J connectivity index is 1.63. The molecule has 140 valence electrons. The summed E-state index contributed by atoms with van der Waals surface area (Å²) in [5, 5.41) is 11.2. The quantitative estimate of drug-likeness (QED) is 0.578. The number of amides is 1. The van der Waals surface area contributed by atoms with Gasteiger partial charge in [-0.1, -0.05) is 42.0 Å². The average molecular weight is 375 g/mol. The van der Waals surface area contributed by atoms with Crippen molar-refractivity contribution in [3.05, 3.63) is 65.2 Å². The van der Waals surface area contributed by atoms with E-state index in [1.54, 1.807) is 12.1 Å². The molecule has 0 saturated heterocycles. The lowest BCUT2D eigenvalue weighted by atomic mass is 10.1. The monoisotopic (exact) mass is 375 g/mol. The fourth-order valence-electron chi connectivity index (χ4n) is 2.54. The second-order valence-electron chi connectivity index (χ2n) is 6.20. The first kappa shape index (κ1) is 20.1.